The Bertz CT molecular complexity index is 596. The summed E-state index contributed by atoms with van der Waals surface area (Å²) in [5.74, 6) is -1.52. The van der Waals surface area contributed by atoms with E-state index >= 15 is 0 Å². The SMILES string of the molecule is O=C(Nc1ccc(I)cc1C(=O)O)c1ccn[nH]1. The molecule has 0 atom stereocenters. The minimum atomic E-state index is -1.09. The number of carbonyl (C=O) groups is 2. The van der Waals surface area contributed by atoms with Crippen LogP contribution < -0.4 is 5.32 Å². The Kier molecular flexibility index (Phi) is 3.60. The second kappa shape index (κ2) is 5.17. The molecule has 2 rings (SSSR count). The number of rotatable bonds is 3. The number of hydrogen-bond acceptors (Lipinski definition) is 3. The fourth-order valence-corrected chi connectivity index (χ4v) is 1.87. The van der Waals surface area contributed by atoms with Gasteiger partial charge in [-0.15, -0.1) is 0 Å². The van der Waals surface area contributed by atoms with E-state index in [4.69, 9.17) is 5.11 Å². The molecule has 0 unspecified atom stereocenters. The summed E-state index contributed by atoms with van der Waals surface area (Å²) < 4.78 is 0.782. The molecular weight excluding hydrogens is 349 g/mol. The lowest BCUT2D eigenvalue weighted by atomic mass is 10.2. The molecule has 0 fully saturated rings. The Morgan fingerprint density at radius 3 is 2.72 bits per heavy atom. The van der Waals surface area contributed by atoms with Crippen molar-refractivity contribution >= 4 is 40.2 Å². The number of anilines is 1. The second-order valence-corrected chi connectivity index (χ2v) is 4.67. The van der Waals surface area contributed by atoms with Crippen molar-refractivity contribution in [2.45, 2.75) is 0 Å². The lowest BCUT2D eigenvalue weighted by Gasteiger charge is -2.07. The van der Waals surface area contributed by atoms with Crippen molar-refractivity contribution in [3.05, 3.63) is 45.3 Å². The lowest BCUT2D eigenvalue weighted by Crippen LogP contribution is -2.15. The van der Waals surface area contributed by atoms with Gasteiger partial charge in [0.25, 0.3) is 5.91 Å². The number of carboxylic acids is 1. The van der Waals surface area contributed by atoms with Gasteiger partial charge in [-0.25, -0.2) is 4.79 Å². The Labute approximate surface area is 116 Å². The van der Waals surface area contributed by atoms with Crippen molar-refractivity contribution in [3.8, 4) is 0 Å². The Balaban J connectivity index is 2.29. The first kappa shape index (κ1) is 12.6. The molecule has 0 bridgehead atoms. The zero-order valence-corrected chi connectivity index (χ0v) is 11.1. The number of aromatic nitrogens is 2. The van der Waals surface area contributed by atoms with E-state index in [1.54, 1.807) is 12.1 Å². The van der Waals surface area contributed by atoms with Gasteiger partial charge in [-0.3, -0.25) is 9.89 Å². The largest absolute Gasteiger partial charge is 0.478 e. The third kappa shape index (κ3) is 2.67. The summed E-state index contributed by atoms with van der Waals surface area (Å²) in [5, 5.41) is 17.7. The van der Waals surface area contributed by atoms with Crippen molar-refractivity contribution < 1.29 is 14.7 Å². The summed E-state index contributed by atoms with van der Waals surface area (Å²) in [5.41, 5.74) is 0.571. The van der Waals surface area contributed by atoms with E-state index < -0.39 is 11.9 Å². The van der Waals surface area contributed by atoms with Crippen molar-refractivity contribution in [1.82, 2.24) is 10.2 Å². The molecule has 1 aromatic carbocycles. The quantitative estimate of drug-likeness (QED) is 0.732. The maximum absolute atomic E-state index is 11.8. The van der Waals surface area contributed by atoms with E-state index in [9.17, 15) is 9.59 Å². The number of aromatic amines is 1. The van der Waals surface area contributed by atoms with E-state index in [2.05, 4.69) is 15.5 Å². The molecule has 0 aliphatic rings. The number of halogens is 1. The van der Waals surface area contributed by atoms with Gasteiger partial charge in [0.2, 0.25) is 0 Å². The van der Waals surface area contributed by atoms with Gasteiger partial charge in [-0.2, -0.15) is 5.10 Å². The number of aromatic carboxylic acids is 1. The number of carbonyl (C=O) groups excluding carboxylic acids is 1. The molecule has 3 N–H and O–H groups in total. The van der Waals surface area contributed by atoms with Crippen molar-refractivity contribution in [3.63, 3.8) is 0 Å². The van der Waals surface area contributed by atoms with E-state index in [-0.39, 0.29) is 16.9 Å². The van der Waals surface area contributed by atoms with Crippen molar-refractivity contribution in [1.29, 1.82) is 0 Å². The number of nitrogens with zero attached hydrogens (tertiary/aromatic N) is 1. The molecule has 92 valence electrons. The molecule has 1 aromatic heterocycles. The minimum Gasteiger partial charge on any atom is -0.478 e. The molecular formula is C11H8IN3O3. The highest BCUT2D eigenvalue weighted by atomic mass is 127. The molecule has 1 heterocycles. The number of amides is 1. The summed E-state index contributed by atoms with van der Waals surface area (Å²) in [6.07, 6.45) is 1.45. The normalized spacial score (nSPS) is 10.1. The van der Waals surface area contributed by atoms with E-state index in [0.717, 1.165) is 3.57 Å². The van der Waals surface area contributed by atoms with Crippen LogP contribution in [0.2, 0.25) is 0 Å². The molecule has 1 amide bonds. The van der Waals surface area contributed by atoms with Crippen LogP contribution >= 0.6 is 22.6 Å². The Morgan fingerprint density at radius 2 is 2.11 bits per heavy atom. The number of nitrogens with one attached hydrogen (secondary N) is 2. The average Bonchev–Trinajstić information content (AvgIpc) is 2.84. The van der Waals surface area contributed by atoms with Gasteiger partial charge < -0.3 is 10.4 Å². The Morgan fingerprint density at radius 1 is 1.33 bits per heavy atom. The third-order valence-electron chi connectivity index (χ3n) is 2.21. The zero-order chi connectivity index (χ0) is 13.1. The van der Waals surface area contributed by atoms with Gasteiger partial charge in [0.05, 0.1) is 11.3 Å². The van der Waals surface area contributed by atoms with Crippen molar-refractivity contribution in [2.24, 2.45) is 0 Å². The summed E-state index contributed by atoms with van der Waals surface area (Å²) >= 11 is 2.01. The molecule has 0 saturated carbocycles. The van der Waals surface area contributed by atoms with Gasteiger partial charge in [0, 0.05) is 9.77 Å². The average molecular weight is 357 g/mol. The molecule has 0 saturated heterocycles. The fourth-order valence-electron chi connectivity index (χ4n) is 1.37. The first-order valence-corrected chi connectivity index (χ1v) is 5.99. The standard InChI is InChI=1S/C11H8IN3O3/c12-6-1-2-8(7(5-6)11(17)18)14-10(16)9-3-4-13-15-9/h1-5H,(H,13,15)(H,14,16)(H,17,18). The third-order valence-corrected chi connectivity index (χ3v) is 2.88. The van der Waals surface area contributed by atoms with Gasteiger partial charge in [0.15, 0.2) is 0 Å². The van der Waals surface area contributed by atoms with Crippen LogP contribution in [0.5, 0.6) is 0 Å². The maximum Gasteiger partial charge on any atom is 0.337 e. The zero-order valence-electron chi connectivity index (χ0n) is 8.98. The van der Waals surface area contributed by atoms with Gasteiger partial charge in [-0.1, -0.05) is 0 Å². The van der Waals surface area contributed by atoms with Gasteiger partial charge >= 0.3 is 5.97 Å². The predicted octanol–water partition coefficient (Wildman–Crippen LogP) is 1.96. The first-order valence-electron chi connectivity index (χ1n) is 4.91. The molecule has 18 heavy (non-hydrogen) atoms. The summed E-state index contributed by atoms with van der Waals surface area (Å²) in [6, 6.07) is 6.27. The number of benzene rings is 1. The topological polar surface area (TPSA) is 95.1 Å². The minimum absolute atomic E-state index is 0.0507. The number of H-pyrrole nitrogens is 1. The highest BCUT2D eigenvalue weighted by molar-refractivity contribution is 14.1. The molecule has 7 heteroatoms. The Hall–Kier alpha value is -1.90. The van der Waals surface area contributed by atoms with Crippen LogP contribution in [-0.4, -0.2) is 27.2 Å². The number of hydrogen-bond donors (Lipinski definition) is 3. The summed E-state index contributed by atoms with van der Waals surface area (Å²) in [4.78, 5) is 22.8. The van der Waals surface area contributed by atoms with Crippen LogP contribution in [0.4, 0.5) is 5.69 Å². The summed E-state index contributed by atoms with van der Waals surface area (Å²) in [6.45, 7) is 0. The van der Waals surface area contributed by atoms with Gasteiger partial charge in [-0.05, 0) is 46.9 Å². The smallest absolute Gasteiger partial charge is 0.337 e. The lowest BCUT2D eigenvalue weighted by molar-refractivity contribution is 0.0698. The highest BCUT2D eigenvalue weighted by Gasteiger charge is 2.14. The summed E-state index contributed by atoms with van der Waals surface area (Å²) in [7, 11) is 0. The monoisotopic (exact) mass is 357 g/mol. The van der Waals surface area contributed by atoms with Crippen molar-refractivity contribution in [2.75, 3.05) is 5.32 Å². The maximum atomic E-state index is 11.8. The molecule has 0 aliphatic heterocycles. The van der Waals surface area contributed by atoms with Crippen LogP contribution in [-0.2, 0) is 0 Å². The van der Waals surface area contributed by atoms with E-state index in [1.165, 1.54) is 18.3 Å². The van der Waals surface area contributed by atoms with E-state index in [0.29, 0.717) is 0 Å². The van der Waals surface area contributed by atoms with Crippen LogP contribution in [0.1, 0.15) is 20.8 Å². The molecule has 0 aliphatic carbocycles. The molecule has 0 radical (unpaired) electrons. The molecule has 0 spiro atoms. The highest BCUT2D eigenvalue weighted by Crippen LogP contribution is 2.19. The van der Waals surface area contributed by atoms with Crippen LogP contribution in [0.3, 0.4) is 0 Å². The molecule has 6 nitrogen and oxygen atoms in total. The van der Waals surface area contributed by atoms with E-state index in [1.807, 2.05) is 22.6 Å². The second-order valence-electron chi connectivity index (χ2n) is 3.42. The van der Waals surface area contributed by atoms with Crippen LogP contribution in [0.15, 0.2) is 30.5 Å². The predicted molar refractivity (Wildman–Crippen MR) is 72.7 cm³/mol. The molecule has 2 aromatic rings. The van der Waals surface area contributed by atoms with Crippen LogP contribution in [0, 0.1) is 3.57 Å². The first-order chi connectivity index (χ1) is 8.58. The van der Waals surface area contributed by atoms with Crippen LogP contribution in [0.25, 0.3) is 0 Å². The fraction of sp³-hybridized carbons (Fsp3) is 0. The van der Waals surface area contributed by atoms with Gasteiger partial charge in [0.1, 0.15) is 5.69 Å². The number of carboxylic acid groups (broad SMARTS) is 1.